The largest absolute Gasteiger partial charge is 0.283 e. The van der Waals surface area contributed by atoms with Crippen molar-refractivity contribution in [2.24, 2.45) is 0 Å². The van der Waals surface area contributed by atoms with Crippen molar-refractivity contribution >= 4 is 34.1 Å². The molecule has 0 unspecified atom stereocenters. The van der Waals surface area contributed by atoms with E-state index in [0.717, 1.165) is 29.4 Å². The number of thiazole rings is 1. The molecule has 2 aliphatic carbocycles. The summed E-state index contributed by atoms with van der Waals surface area (Å²) < 4.78 is 0. The Labute approximate surface area is 190 Å². The highest BCUT2D eigenvalue weighted by molar-refractivity contribution is 7.99. The molecule has 0 radical (unpaired) electrons. The number of amides is 1. The number of hydrogen-bond donors (Lipinski definition) is 1. The van der Waals surface area contributed by atoms with Gasteiger partial charge in [-0.1, -0.05) is 54.9 Å². The number of thioether (sulfide) groups is 1. The quantitative estimate of drug-likeness (QED) is 0.502. The number of anilines is 1. The van der Waals surface area contributed by atoms with Crippen LogP contribution in [0.25, 0.3) is 0 Å². The second kappa shape index (κ2) is 9.53. The molecule has 31 heavy (non-hydrogen) atoms. The lowest BCUT2D eigenvalue weighted by Crippen LogP contribution is -2.32. The topological polar surface area (TPSA) is 74.8 Å². The molecule has 2 aromatic heterocycles. The Bertz CT molecular complexity index is 1000. The van der Waals surface area contributed by atoms with Crippen LogP contribution in [0.3, 0.4) is 0 Å². The number of carbonyl (C=O) groups excluding carboxylic acids is 1. The second-order valence-corrected chi connectivity index (χ2v) is 10.3. The minimum Gasteiger partial charge on any atom is -0.283 e. The lowest BCUT2D eigenvalue weighted by atomic mass is 10.0. The number of carbonyl (C=O) groups is 1. The Morgan fingerprint density at radius 2 is 1.90 bits per heavy atom. The number of hydrogen-bond acceptors (Lipinski definition) is 6. The van der Waals surface area contributed by atoms with Gasteiger partial charge in [0.25, 0.3) is 0 Å². The number of fused-ring (bicyclic) bond motifs is 1. The molecule has 0 saturated heterocycles. The molecule has 1 aromatic carbocycles. The fraction of sp³-hybridized carbons (Fsp3) is 0.478. The highest BCUT2D eigenvalue weighted by Crippen LogP contribution is 2.34. The Kier molecular flexibility index (Phi) is 6.36. The third kappa shape index (κ3) is 4.85. The molecule has 1 N–H and O–H groups in total. The van der Waals surface area contributed by atoms with Gasteiger partial charge in [0.1, 0.15) is 5.82 Å². The van der Waals surface area contributed by atoms with Crippen LogP contribution in [0.2, 0.25) is 0 Å². The van der Waals surface area contributed by atoms with Crippen molar-refractivity contribution in [1.29, 1.82) is 0 Å². The lowest BCUT2D eigenvalue weighted by molar-refractivity contribution is -0.116. The molecule has 1 amide bonds. The number of aromatic nitrogens is 4. The van der Waals surface area contributed by atoms with Gasteiger partial charge < -0.3 is 0 Å². The number of nitrogens with one attached hydrogen (secondary N) is 1. The molecule has 3 aromatic rings. The smallest absolute Gasteiger partial charge is 0.239 e. The van der Waals surface area contributed by atoms with E-state index in [1.54, 1.807) is 11.3 Å². The van der Waals surface area contributed by atoms with Crippen LogP contribution in [0.5, 0.6) is 0 Å². The van der Waals surface area contributed by atoms with Gasteiger partial charge in [-0.25, -0.2) is 9.97 Å². The summed E-state index contributed by atoms with van der Waals surface area (Å²) in [5.74, 6) is 1.82. The molecule has 0 bridgehead atoms. The molecule has 0 atom stereocenters. The van der Waals surface area contributed by atoms with Gasteiger partial charge in [-0.15, -0.1) is 16.4 Å². The maximum absolute atomic E-state index is 13.3. The number of benzene rings is 1. The first-order chi connectivity index (χ1) is 15.3. The summed E-state index contributed by atoms with van der Waals surface area (Å²) in [5.41, 5.74) is 2.29. The first kappa shape index (κ1) is 20.7. The van der Waals surface area contributed by atoms with Gasteiger partial charge in [-0.05, 0) is 44.1 Å². The molecule has 1 saturated carbocycles. The van der Waals surface area contributed by atoms with E-state index in [4.69, 9.17) is 4.98 Å². The van der Waals surface area contributed by atoms with E-state index in [-0.39, 0.29) is 5.91 Å². The highest BCUT2D eigenvalue weighted by atomic mass is 32.2. The average molecular weight is 454 g/mol. The Hall–Kier alpha value is -2.19. The Morgan fingerprint density at radius 3 is 2.71 bits per heavy atom. The van der Waals surface area contributed by atoms with Gasteiger partial charge >= 0.3 is 0 Å². The van der Waals surface area contributed by atoms with Crippen LogP contribution >= 0.6 is 23.1 Å². The van der Waals surface area contributed by atoms with Crippen LogP contribution in [0.4, 0.5) is 5.13 Å². The molecule has 0 spiro atoms. The summed E-state index contributed by atoms with van der Waals surface area (Å²) >= 11 is 3.09. The molecule has 2 heterocycles. The van der Waals surface area contributed by atoms with Crippen LogP contribution in [0.15, 0.2) is 35.5 Å². The van der Waals surface area contributed by atoms with Crippen LogP contribution < -0.4 is 4.90 Å². The fourth-order valence-electron chi connectivity index (χ4n) is 4.39. The SMILES string of the molecule is O=C(CSc1n[nH]c(C2CCCC2)n1)N(Cc1ccccc1)c1nc2c(s1)CCCC2. The zero-order valence-corrected chi connectivity index (χ0v) is 19.2. The molecule has 1 fully saturated rings. The summed E-state index contributed by atoms with van der Waals surface area (Å²) in [6, 6.07) is 10.1. The van der Waals surface area contributed by atoms with Crippen LogP contribution in [-0.4, -0.2) is 31.8 Å². The molecule has 0 aliphatic heterocycles. The van der Waals surface area contributed by atoms with E-state index >= 15 is 0 Å². The first-order valence-corrected chi connectivity index (χ1v) is 12.9. The van der Waals surface area contributed by atoms with E-state index < -0.39 is 0 Å². The average Bonchev–Trinajstić information content (AvgIpc) is 3.56. The lowest BCUT2D eigenvalue weighted by Gasteiger charge is -2.19. The predicted octanol–water partition coefficient (Wildman–Crippen LogP) is 5.12. The maximum Gasteiger partial charge on any atom is 0.239 e. The Morgan fingerprint density at radius 1 is 1.10 bits per heavy atom. The molecule has 8 heteroatoms. The molecule has 162 valence electrons. The van der Waals surface area contributed by atoms with Gasteiger partial charge in [0.05, 0.1) is 18.0 Å². The standard InChI is InChI=1S/C23H27N5OS2/c29-20(15-30-22-25-21(26-27-22)17-10-4-5-11-17)28(14-16-8-2-1-3-9-16)23-24-18-12-6-7-13-19(18)31-23/h1-3,8-9,17H,4-7,10-15H2,(H,25,26,27). The molecular formula is C23H27N5OS2. The summed E-state index contributed by atoms with van der Waals surface area (Å²) in [5, 5.41) is 8.92. The summed E-state index contributed by atoms with van der Waals surface area (Å²) in [7, 11) is 0. The molecule has 5 rings (SSSR count). The second-order valence-electron chi connectivity index (χ2n) is 8.31. The van der Waals surface area contributed by atoms with Gasteiger partial charge in [0, 0.05) is 10.8 Å². The van der Waals surface area contributed by atoms with Gasteiger partial charge in [0.2, 0.25) is 11.1 Å². The van der Waals surface area contributed by atoms with E-state index in [1.807, 2.05) is 23.1 Å². The van der Waals surface area contributed by atoms with Gasteiger partial charge in [0.15, 0.2) is 5.13 Å². The van der Waals surface area contributed by atoms with Crippen molar-refractivity contribution in [2.45, 2.75) is 69.0 Å². The van der Waals surface area contributed by atoms with Crippen molar-refractivity contribution in [3.8, 4) is 0 Å². The predicted molar refractivity (Wildman–Crippen MR) is 125 cm³/mol. The Balaban J connectivity index is 1.31. The monoisotopic (exact) mass is 453 g/mol. The van der Waals surface area contributed by atoms with E-state index in [1.165, 1.54) is 60.9 Å². The maximum atomic E-state index is 13.3. The normalized spacial score (nSPS) is 16.4. The van der Waals surface area contributed by atoms with Gasteiger partial charge in [-0.3, -0.25) is 14.8 Å². The van der Waals surface area contributed by atoms with Crippen LogP contribution in [-0.2, 0) is 24.2 Å². The van der Waals surface area contributed by atoms with Crippen molar-refractivity contribution < 1.29 is 4.79 Å². The highest BCUT2D eigenvalue weighted by Gasteiger charge is 2.25. The fourth-order valence-corrected chi connectivity index (χ4v) is 6.24. The van der Waals surface area contributed by atoms with Crippen LogP contribution in [0.1, 0.15) is 66.4 Å². The molecular weight excluding hydrogens is 426 g/mol. The zero-order chi connectivity index (χ0) is 21.0. The van der Waals surface area contributed by atoms with Crippen molar-refractivity contribution in [3.63, 3.8) is 0 Å². The summed E-state index contributed by atoms with van der Waals surface area (Å²) in [4.78, 5) is 26.0. The zero-order valence-electron chi connectivity index (χ0n) is 17.5. The van der Waals surface area contributed by atoms with E-state index in [9.17, 15) is 4.79 Å². The van der Waals surface area contributed by atoms with Crippen molar-refractivity contribution in [3.05, 3.63) is 52.3 Å². The first-order valence-electron chi connectivity index (χ1n) is 11.1. The van der Waals surface area contributed by atoms with Gasteiger partial charge in [-0.2, -0.15) is 0 Å². The number of rotatable bonds is 7. The molecule has 2 aliphatic rings. The number of aryl methyl sites for hydroxylation is 2. The third-order valence-electron chi connectivity index (χ3n) is 6.10. The summed E-state index contributed by atoms with van der Waals surface area (Å²) in [6.45, 7) is 0.536. The van der Waals surface area contributed by atoms with E-state index in [0.29, 0.717) is 23.4 Å². The summed E-state index contributed by atoms with van der Waals surface area (Å²) in [6.07, 6.45) is 9.39. The molecule has 6 nitrogen and oxygen atoms in total. The number of H-pyrrole nitrogens is 1. The van der Waals surface area contributed by atoms with Crippen molar-refractivity contribution in [2.75, 3.05) is 10.7 Å². The van der Waals surface area contributed by atoms with E-state index in [2.05, 4.69) is 27.3 Å². The number of aromatic amines is 1. The minimum atomic E-state index is 0.0483. The minimum absolute atomic E-state index is 0.0483. The van der Waals surface area contributed by atoms with Crippen LogP contribution in [0, 0.1) is 0 Å². The van der Waals surface area contributed by atoms with Crippen molar-refractivity contribution in [1.82, 2.24) is 20.2 Å². The number of nitrogens with zero attached hydrogens (tertiary/aromatic N) is 4. The third-order valence-corrected chi connectivity index (χ3v) is 8.11.